The molecule has 0 rings (SSSR count). The predicted octanol–water partition coefficient (Wildman–Crippen LogP) is 23.7. The smallest absolute Gasteiger partial charge is 0.305 e. The number of aliphatic hydroxyl groups excluding tert-OH is 2. The highest BCUT2D eigenvalue weighted by molar-refractivity contribution is 5.76. The van der Waals surface area contributed by atoms with Crippen LogP contribution in [-0.4, -0.2) is 47.4 Å². The number of esters is 1. The summed E-state index contributed by atoms with van der Waals surface area (Å²) < 4.78 is 5.48. The van der Waals surface area contributed by atoms with E-state index >= 15 is 0 Å². The molecule has 0 spiro atoms. The van der Waals surface area contributed by atoms with Gasteiger partial charge in [0.15, 0.2) is 0 Å². The normalized spacial score (nSPS) is 12.6. The molecular formula is C74H143NO5. The molecule has 3 N–H and O–H groups in total. The highest BCUT2D eigenvalue weighted by atomic mass is 16.5. The summed E-state index contributed by atoms with van der Waals surface area (Å²) >= 11 is 0. The highest BCUT2D eigenvalue weighted by Gasteiger charge is 2.20. The summed E-state index contributed by atoms with van der Waals surface area (Å²) in [5.41, 5.74) is 0. The van der Waals surface area contributed by atoms with E-state index in [0.717, 1.165) is 51.4 Å². The molecule has 0 radical (unpaired) electrons. The number of ether oxygens (including phenoxy) is 1. The maximum atomic E-state index is 12.5. The molecule has 2 unspecified atom stereocenters. The number of rotatable bonds is 69. The molecule has 6 nitrogen and oxygen atoms in total. The van der Waals surface area contributed by atoms with Crippen molar-refractivity contribution in [3.63, 3.8) is 0 Å². The van der Waals surface area contributed by atoms with E-state index in [-0.39, 0.29) is 18.5 Å². The van der Waals surface area contributed by atoms with Gasteiger partial charge in [-0.2, -0.15) is 0 Å². The van der Waals surface area contributed by atoms with Crippen LogP contribution in [0.1, 0.15) is 412 Å². The lowest BCUT2D eigenvalue weighted by Gasteiger charge is -2.22. The number of carbonyl (C=O) groups excluding carboxylic acids is 2. The van der Waals surface area contributed by atoms with E-state index < -0.39 is 12.1 Å². The Morgan fingerprint density at radius 3 is 1.00 bits per heavy atom. The molecule has 0 aliphatic carbocycles. The number of hydrogen-bond acceptors (Lipinski definition) is 5. The summed E-state index contributed by atoms with van der Waals surface area (Å²) in [6.45, 7) is 4.93. The molecule has 2 atom stereocenters. The van der Waals surface area contributed by atoms with E-state index in [9.17, 15) is 19.8 Å². The zero-order chi connectivity index (χ0) is 57.8. The molecule has 6 heteroatoms. The molecule has 0 fully saturated rings. The van der Waals surface area contributed by atoms with Crippen molar-refractivity contribution in [3.05, 3.63) is 24.3 Å². The van der Waals surface area contributed by atoms with Gasteiger partial charge >= 0.3 is 5.97 Å². The van der Waals surface area contributed by atoms with Crippen LogP contribution >= 0.6 is 0 Å². The molecule has 1 amide bonds. The molecule has 0 saturated carbocycles. The molecule has 0 aromatic rings. The van der Waals surface area contributed by atoms with E-state index in [2.05, 4.69) is 43.5 Å². The average molecular weight is 1130 g/mol. The summed E-state index contributed by atoms with van der Waals surface area (Å²) in [6.07, 6.45) is 88.2. The molecule has 0 heterocycles. The van der Waals surface area contributed by atoms with Gasteiger partial charge in [0.05, 0.1) is 25.4 Å². The third-order valence-corrected chi connectivity index (χ3v) is 17.2. The van der Waals surface area contributed by atoms with Gasteiger partial charge in [0, 0.05) is 12.8 Å². The van der Waals surface area contributed by atoms with Crippen LogP contribution in [0.3, 0.4) is 0 Å². The van der Waals surface area contributed by atoms with Crippen molar-refractivity contribution in [1.29, 1.82) is 0 Å². The number of nitrogens with one attached hydrogen (secondary N) is 1. The minimum atomic E-state index is -0.662. The maximum absolute atomic E-state index is 12.5. The van der Waals surface area contributed by atoms with Gasteiger partial charge in [-0.05, 0) is 51.4 Å². The fourth-order valence-corrected chi connectivity index (χ4v) is 11.7. The van der Waals surface area contributed by atoms with Crippen molar-refractivity contribution in [2.75, 3.05) is 13.2 Å². The second-order valence-electron chi connectivity index (χ2n) is 25.3. The first-order chi connectivity index (χ1) is 39.5. The van der Waals surface area contributed by atoms with E-state index in [1.165, 1.54) is 327 Å². The molecule has 0 aromatic carbocycles. The van der Waals surface area contributed by atoms with Crippen LogP contribution in [0.25, 0.3) is 0 Å². The Balaban J connectivity index is 3.33. The van der Waals surface area contributed by atoms with Gasteiger partial charge in [0.25, 0.3) is 0 Å². The van der Waals surface area contributed by atoms with Crippen LogP contribution in [0.5, 0.6) is 0 Å². The molecular weight excluding hydrogens is 983 g/mol. The Morgan fingerprint density at radius 2 is 0.650 bits per heavy atom. The summed E-state index contributed by atoms with van der Waals surface area (Å²) in [5.74, 6) is -0.0204. The molecule has 474 valence electrons. The average Bonchev–Trinajstić information content (AvgIpc) is 3.46. The summed E-state index contributed by atoms with van der Waals surface area (Å²) in [7, 11) is 0. The van der Waals surface area contributed by atoms with Crippen LogP contribution in [0.2, 0.25) is 0 Å². The van der Waals surface area contributed by atoms with E-state index in [1.54, 1.807) is 0 Å². The van der Waals surface area contributed by atoms with Gasteiger partial charge in [-0.15, -0.1) is 0 Å². The second-order valence-corrected chi connectivity index (χ2v) is 25.3. The number of hydrogen-bond donors (Lipinski definition) is 3. The molecule has 80 heavy (non-hydrogen) atoms. The topological polar surface area (TPSA) is 95.9 Å². The lowest BCUT2D eigenvalue weighted by molar-refractivity contribution is -0.143. The Bertz CT molecular complexity index is 1250. The van der Waals surface area contributed by atoms with Gasteiger partial charge in [-0.1, -0.05) is 372 Å². The number of carbonyl (C=O) groups is 2. The Hall–Kier alpha value is -1.66. The molecule has 0 aliphatic heterocycles. The molecule has 0 bridgehead atoms. The zero-order valence-corrected chi connectivity index (χ0v) is 54.3. The summed E-state index contributed by atoms with van der Waals surface area (Å²) in [6, 6.07) is -0.538. The van der Waals surface area contributed by atoms with E-state index in [0.29, 0.717) is 25.9 Å². The second kappa shape index (κ2) is 69.8. The number of aliphatic hydroxyl groups is 2. The zero-order valence-electron chi connectivity index (χ0n) is 54.3. The quantitative estimate of drug-likeness (QED) is 0.0320. The molecule has 0 aliphatic rings. The first-order valence-electron chi connectivity index (χ1n) is 36.6. The third kappa shape index (κ3) is 65.5. The monoisotopic (exact) mass is 1130 g/mol. The molecule has 0 aromatic heterocycles. The lowest BCUT2D eigenvalue weighted by Crippen LogP contribution is -2.45. The molecule has 0 saturated heterocycles. The van der Waals surface area contributed by atoms with Gasteiger partial charge in [-0.25, -0.2) is 0 Å². The SMILES string of the molecule is CCC/C=C\C/C=C\CCCCCCCC(=O)OCCCCCCCCCCCCCCCCCCCCCCCCCCCCCCCCCC(=O)NC(CO)C(O)CCCCCCCCCCCCCCCCCCCCC. The number of allylic oxidation sites excluding steroid dienone is 4. The van der Waals surface area contributed by atoms with Crippen molar-refractivity contribution in [1.82, 2.24) is 5.32 Å². The highest BCUT2D eigenvalue weighted by Crippen LogP contribution is 2.20. The van der Waals surface area contributed by atoms with Crippen LogP contribution in [0.4, 0.5) is 0 Å². The summed E-state index contributed by atoms with van der Waals surface area (Å²) in [5, 5.41) is 23.4. The van der Waals surface area contributed by atoms with Crippen molar-refractivity contribution >= 4 is 11.9 Å². The van der Waals surface area contributed by atoms with E-state index in [4.69, 9.17) is 4.74 Å². The van der Waals surface area contributed by atoms with Crippen molar-refractivity contribution in [3.8, 4) is 0 Å². The fraction of sp³-hybridized carbons (Fsp3) is 0.919. The maximum Gasteiger partial charge on any atom is 0.305 e. The Labute approximate surface area is 501 Å². The minimum absolute atomic E-state index is 0.00593. The summed E-state index contributed by atoms with van der Waals surface area (Å²) in [4.78, 5) is 24.6. The lowest BCUT2D eigenvalue weighted by atomic mass is 10.0. The minimum Gasteiger partial charge on any atom is -0.466 e. The van der Waals surface area contributed by atoms with E-state index in [1.807, 2.05) is 0 Å². The predicted molar refractivity (Wildman–Crippen MR) is 352 cm³/mol. The van der Waals surface area contributed by atoms with Crippen LogP contribution < -0.4 is 5.32 Å². The largest absolute Gasteiger partial charge is 0.466 e. The van der Waals surface area contributed by atoms with Crippen LogP contribution in [0, 0.1) is 0 Å². The van der Waals surface area contributed by atoms with Crippen molar-refractivity contribution in [2.24, 2.45) is 0 Å². The van der Waals surface area contributed by atoms with Gasteiger partial charge in [0.2, 0.25) is 5.91 Å². The third-order valence-electron chi connectivity index (χ3n) is 17.2. The van der Waals surface area contributed by atoms with Gasteiger partial charge in [0.1, 0.15) is 0 Å². The Kier molecular flexibility index (Phi) is 68.4. The van der Waals surface area contributed by atoms with Crippen LogP contribution in [0.15, 0.2) is 24.3 Å². The van der Waals surface area contributed by atoms with Crippen LogP contribution in [-0.2, 0) is 14.3 Å². The van der Waals surface area contributed by atoms with Crippen molar-refractivity contribution in [2.45, 2.75) is 424 Å². The first-order valence-corrected chi connectivity index (χ1v) is 36.6. The fourth-order valence-electron chi connectivity index (χ4n) is 11.7. The number of unbranched alkanes of at least 4 members (excludes halogenated alkanes) is 54. The van der Waals surface area contributed by atoms with Crippen molar-refractivity contribution < 1.29 is 24.5 Å². The Morgan fingerprint density at radius 1 is 0.350 bits per heavy atom. The number of amides is 1. The first kappa shape index (κ1) is 78.3. The van der Waals surface area contributed by atoms with Gasteiger partial charge in [-0.3, -0.25) is 9.59 Å². The van der Waals surface area contributed by atoms with Gasteiger partial charge < -0.3 is 20.3 Å². The standard InChI is InChI=1S/C74H143NO5/c1-3-5-7-9-11-13-15-17-18-19-33-36-39-43-46-50-54-58-62-66-72(77)71(70-76)75-73(78)67-63-59-55-51-47-44-40-37-34-31-29-27-25-23-21-20-22-24-26-28-30-32-35-38-41-45-49-53-57-61-65-69-80-74(79)68-64-60-56-52-48-42-16-14-12-10-8-6-4-2/h8,10,14,16,71-72,76-77H,3-7,9,11-13,15,17-70H2,1-2H3,(H,75,78)/b10-8-,16-14-.